The lowest BCUT2D eigenvalue weighted by molar-refractivity contribution is -0.126. The standard InChI is InChI=1S/C19H26FN3O3/c1-12(16-10-14(20)5-8-17(16)26-2)21-19(25)23-9-3-4-13(11-23)18(24)22-15-6-7-15/h5,8,10,12-13,15H,3-4,6-7,9,11H2,1-2H3,(H,21,25)(H,22,24)/t12-,13-/m1/s1. The van der Waals surface area contributed by atoms with Gasteiger partial charge in [0, 0.05) is 24.7 Å². The van der Waals surface area contributed by atoms with Crippen LogP contribution in [0, 0.1) is 11.7 Å². The number of hydrogen-bond acceptors (Lipinski definition) is 3. The molecule has 1 aliphatic heterocycles. The number of carbonyl (C=O) groups excluding carboxylic acids is 2. The Hall–Kier alpha value is -2.31. The van der Waals surface area contributed by atoms with E-state index < -0.39 is 6.04 Å². The van der Waals surface area contributed by atoms with Crippen molar-refractivity contribution in [2.24, 2.45) is 5.92 Å². The molecule has 2 fully saturated rings. The molecule has 1 aromatic carbocycles. The van der Waals surface area contributed by atoms with E-state index in [2.05, 4.69) is 10.6 Å². The highest BCUT2D eigenvalue weighted by atomic mass is 19.1. The number of rotatable bonds is 5. The summed E-state index contributed by atoms with van der Waals surface area (Å²) >= 11 is 0. The Kier molecular flexibility index (Phi) is 5.64. The second-order valence-corrected chi connectivity index (χ2v) is 7.13. The molecule has 26 heavy (non-hydrogen) atoms. The smallest absolute Gasteiger partial charge is 0.317 e. The van der Waals surface area contributed by atoms with E-state index in [9.17, 15) is 14.0 Å². The molecule has 1 aromatic rings. The zero-order valence-corrected chi connectivity index (χ0v) is 15.3. The van der Waals surface area contributed by atoms with E-state index in [1.54, 1.807) is 17.9 Å². The van der Waals surface area contributed by atoms with Gasteiger partial charge in [-0.3, -0.25) is 4.79 Å². The van der Waals surface area contributed by atoms with Gasteiger partial charge < -0.3 is 20.3 Å². The molecule has 2 N–H and O–H groups in total. The molecule has 0 bridgehead atoms. The molecule has 1 saturated heterocycles. The Morgan fingerprint density at radius 3 is 2.77 bits per heavy atom. The summed E-state index contributed by atoms with van der Waals surface area (Å²) in [6.07, 6.45) is 3.70. The van der Waals surface area contributed by atoms with Gasteiger partial charge in [-0.15, -0.1) is 0 Å². The van der Waals surface area contributed by atoms with Crippen LogP contribution in [-0.2, 0) is 4.79 Å². The van der Waals surface area contributed by atoms with E-state index in [4.69, 9.17) is 4.74 Å². The first-order valence-electron chi connectivity index (χ1n) is 9.17. The molecule has 0 spiro atoms. The molecular weight excluding hydrogens is 337 g/mol. The third-order valence-corrected chi connectivity index (χ3v) is 5.00. The maximum Gasteiger partial charge on any atom is 0.317 e. The SMILES string of the molecule is COc1ccc(F)cc1[C@@H](C)NC(=O)N1CCC[C@@H](C(=O)NC2CC2)C1. The number of ether oxygens (including phenoxy) is 1. The van der Waals surface area contributed by atoms with Crippen LogP contribution in [-0.4, -0.2) is 43.1 Å². The number of amides is 3. The summed E-state index contributed by atoms with van der Waals surface area (Å²) in [4.78, 5) is 26.5. The summed E-state index contributed by atoms with van der Waals surface area (Å²) in [5.41, 5.74) is 0.584. The number of urea groups is 1. The van der Waals surface area contributed by atoms with Crippen molar-refractivity contribution in [2.75, 3.05) is 20.2 Å². The van der Waals surface area contributed by atoms with E-state index in [-0.39, 0.29) is 23.7 Å². The number of benzene rings is 1. The number of piperidine rings is 1. The normalized spacial score (nSPS) is 21.0. The van der Waals surface area contributed by atoms with Gasteiger partial charge in [0.1, 0.15) is 11.6 Å². The quantitative estimate of drug-likeness (QED) is 0.845. The molecule has 142 valence electrons. The molecule has 3 rings (SSSR count). The summed E-state index contributed by atoms with van der Waals surface area (Å²) in [6, 6.07) is 3.91. The number of methoxy groups -OCH3 is 1. The van der Waals surface area contributed by atoms with Crippen LogP contribution >= 0.6 is 0 Å². The molecule has 7 heteroatoms. The fourth-order valence-electron chi connectivity index (χ4n) is 3.32. The summed E-state index contributed by atoms with van der Waals surface area (Å²) in [7, 11) is 1.51. The van der Waals surface area contributed by atoms with Crippen LogP contribution in [0.1, 0.15) is 44.2 Å². The molecule has 6 nitrogen and oxygen atoms in total. The molecule has 1 heterocycles. The predicted octanol–water partition coefficient (Wildman–Crippen LogP) is 2.60. The molecule has 2 atom stereocenters. The number of likely N-dealkylation sites (tertiary alicyclic amines) is 1. The minimum atomic E-state index is -0.409. The largest absolute Gasteiger partial charge is 0.496 e. The van der Waals surface area contributed by atoms with Gasteiger partial charge in [-0.25, -0.2) is 9.18 Å². The first kappa shape index (κ1) is 18.5. The second-order valence-electron chi connectivity index (χ2n) is 7.13. The molecule has 1 aliphatic carbocycles. The van der Waals surface area contributed by atoms with Crippen molar-refractivity contribution in [3.05, 3.63) is 29.6 Å². The Morgan fingerprint density at radius 1 is 1.31 bits per heavy atom. The Bertz CT molecular complexity index is 678. The van der Waals surface area contributed by atoms with Crippen molar-refractivity contribution < 1.29 is 18.7 Å². The predicted molar refractivity (Wildman–Crippen MR) is 95.4 cm³/mol. The van der Waals surface area contributed by atoms with Gasteiger partial charge in [0.25, 0.3) is 0 Å². The zero-order chi connectivity index (χ0) is 18.7. The molecular formula is C19H26FN3O3. The van der Waals surface area contributed by atoms with Gasteiger partial charge >= 0.3 is 6.03 Å². The van der Waals surface area contributed by atoms with Crippen molar-refractivity contribution in [1.29, 1.82) is 0 Å². The van der Waals surface area contributed by atoms with Gasteiger partial charge in [-0.1, -0.05) is 0 Å². The number of nitrogens with zero attached hydrogens (tertiary/aromatic N) is 1. The number of nitrogens with one attached hydrogen (secondary N) is 2. The average Bonchev–Trinajstić information content (AvgIpc) is 3.45. The molecule has 2 aliphatic rings. The van der Waals surface area contributed by atoms with Crippen LogP contribution < -0.4 is 15.4 Å². The molecule has 0 aromatic heterocycles. The monoisotopic (exact) mass is 363 g/mol. The Balaban J connectivity index is 1.60. The summed E-state index contributed by atoms with van der Waals surface area (Å²) in [5.74, 6) is 0.0372. The van der Waals surface area contributed by atoms with Gasteiger partial charge in [-0.05, 0) is 50.8 Å². The molecule has 3 amide bonds. The van der Waals surface area contributed by atoms with Gasteiger partial charge in [0.2, 0.25) is 5.91 Å². The number of halogens is 1. The average molecular weight is 363 g/mol. The summed E-state index contributed by atoms with van der Waals surface area (Å²) < 4.78 is 18.8. The topological polar surface area (TPSA) is 70.7 Å². The van der Waals surface area contributed by atoms with Gasteiger partial charge in [0.05, 0.1) is 19.1 Å². The van der Waals surface area contributed by atoms with Crippen molar-refractivity contribution in [3.63, 3.8) is 0 Å². The van der Waals surface area contributed by atoms with E-state index >= 15 is 0 Å². The fourth-order valence-corrected chi connectivity index (χ4v) is 3.32. The van der Waals surface area contributed by atoms with E-state index in [0.717, 1.165) is 25.7 Å². The van der Waals surface area contributed by atoms with Crippen LogP contribution in [0.15, 0.2) is 18.2 Å². The van der Waals surface area contributed by atoms with Crippen LogP contribution in [0.2, 0.25) is 0 Å². The molecule has 0 radical (unpaired) electrons. The van der Waals surface area contributed by atoms with E-state index in [0.29, 0.717) is 30.4 Å². The lowest BCUT2D eigenvalue weighted by Crippen LogP contribution is -2.49. The lowest BCUT2D eigenvalue weighted by atomic mass is 9.97. The fraction of sp³-hybridized carbons (Fsp3) is 0.579. The zero-order valence-electron chi connectivity index (χ0n) is 15.3. The van der Waals surface area contributed by atoms with Crippen LogP contribution in [0.5, 0.6) is 5.75 Å². The number of hydrogen-bond donors (Lipinski definition) is 2. The van der Waals surface area contributed by atoms with Crippen molar-refractivity contribution in [2.45, 2.75) is 44.7 Å². The minimum Gasteiger partial charge on any atom is -0.496 e. The highest BCUT2D eigenvalue weighted by molar-refractivity contribution is 5.81. The third-order valence-electron chi connectivity index (χ3n) is 5.00. The van der Waals surface area contributed by atoms with Crippen LogP contribution in [0.25, 0.3) is 0 Å². The summed E-state index contributed by atoms with van der Waals surface area (Å²) in [5, 5.41) is 5.90. The second kappa shape index (κ2) is 7.93. The van der Waals surface area contributed by atoms with Crippen molar-refractivity contribution in [3.8, 4) is 5.75 Å². The Morgan fingerprint density at radius 2 is 2.08 bits per heavy atom. The van der Waals surface area contributed by atoms with E-state index in [1.165, 1.54) is 19.2 Å². The molecule has 0 unspecified atom stereocenters. The van der Waals surface area contributed by atoms with E-state index in [1.807, 2.05) is 0 Å². The first-order valence-corrected chi connectivity index (χ1v) is 9.17. The van der Waals surface area contributed by atoms with Crippen molar-refractivity contribution >= 4 is 11.9 Å². The van der Waals surface area contributed by atoms with Gasteiger partial charge in [0.15, 0.2) is 0 Å². The van der Waals surface area contributed by atoms with Crippen LogP contribution in [0.3, 0.4) is 0 Å². The van der Waals surface area contributed by atoms with Gasteiger partial charge in [-0.2, -0.15) is 0 Å². The highest BCUT2D eigenvalue weighted by Crippen LogP contribution is 2.27. The molecule has 1 saturated carbocycles. The maximum absolute atomic E-state index is 13.6. The first-order chi connectivity index (χ1) is 12.5. The van der Waals surface area contributed by atoms with Crippen molar-refractivity contribution in [1.82, 2.24) is 15.5 Å². The number of carbonyl (C=O) groups is 2. The minimum absolute atomic E-state index is 0.0462. The highest BCUT2D eigenvalue weighted by Gasteiger charge is 2.32. The Labute approximate surface area is 153 Å². The summed E-state index contributed by atoms with van der Waals surface area (Å²) in [6.45, 7) is 2.82. The maximum atomic E-state index is 13.6. The lowest BCUT2D eigenvalue weighted by Gasteiger charge is -2.33. The van der Waals surface area contributed by atoms with Crippen LogP contribution in [0.4, 0.5) is 9.18 Å². The third kappa shape index (κ3) is 4.45.